The van der Waals surface area contributed by atoms with E-state index in [2.05, 4.69) is 140 Å². The molecule has 8 aromatic rings. The fourth-order valence-electron chi connectivity index (χ4n) is 7.11. The van der Waals surface area contributed by atoms with Gasteiger partial charge in [0.05, 0.1) is 5.52 Å². The van der Waals surface area contributed by atoms with Gasteiger partial charge in [0, 0.05) is 17.1 Å². The topological polar surface area (TPSA) is 12.9 Å². The molecule has 0 radical (unpaired) electrons. The summed E-state index contributed by atoms with van der Waals surface area (Å²) in [5, 5.41) is 6.30. The SMILES string of the molecule is c1ccc(-c2c3c(c(-c4ccccc4)c4ccccc24)-c2cc(-c4cccc5cccnc45)cc4cccc-3c24)cc1. The van der Waals surface area contributed by atoms with Crippen molar-refractivity contribution in [2.45, 2.75) is 0 Å². The Labute approximate surface area is 244 Å². The number of para-hydroxylation sites is 1. The Hall–Kier alpha value is -5.53. The third-order valence-corrected chi connectivity index (χ3v) is 8.80. The van der Waals surface area contributed by atoms with Crippen LogP contribution in [0.25, 0.3) is 88.1 Å². The van der Waals surface area contributed by atoms with Crippen LogP contribution in [0, 0.1) is 0 Å². The Morgan fingerprint density at radius 3 is 1.62 bits per heavy atom. The molecule has 9 rings (SSSR count). The zero-order valence-electron chi connectivity index (χ0n) is 22.9. The lowest BCUT2D eigenvalue weighted by molar-refractivity contribution is 1.41. The monoisotopic (exact) mass is 531 g/mol. The first-order chi connectivity index (χ1) is 20.9. The summed E-state index contributed by atoms with van der Waals surface area (Å²) in [5.41, 5.74) is 13.7. The van der Waals surface area contributed by atoms with Crippen molar-refractivity contribution in [1.29, 1.82) is 0 Å². The maximum Gasteiger partial charge on any atom is 0.0780 e. The molecule has 194 valence electrons. The summed E-state index contributed by atoms with van der Waals surface area (Å²) < 4.78 is 0. The fraction of sp³-hybridized carbons (Fsp3) is 0. The van der Waals surface area contributed by atoms with E-state index in [9.17, 15) is 0 Å². The molecule has 0 amide bonds. The molecule has 1 aromatic heterocycles. The Balaban J connectivity index is 1.48. The molecule has 0 unspecified atom stereocenters. The van der Waals surface area contributed by atoms with Crippen LogP contribution in [0.1, 0.15) is 0 Å². The van der Waals surface area contributed by atoms with Crippen LogP contribution in [0.2, 0.25) is 0 Å². The van der Waals surface area contributed by atoms with E-state index in [0.29, 0.717) is 0 Å². The second-order valence-corrected chi connectivity index (χ2v) is 11.1. The van der Waals surface area contributed by atoms with E-state index in [4.69, 9.17) is 4.98 Å². The first-order valence-electron chi connectivity index (χ1n) is 14.5. The van der Waals surface area contributed by atoms with Crippen LogP contribution >= 0.6 is 0 Å². The van der Waals surface area contributed by atoms with Crippen LogP contribution in [0.5, 0.6) is 0 Å². The number of nitrogens with zero attached hydrogens (tertiary/aromatic N) is 1. The van der Waals surface area contributed by atoms with E-state index in [-0.39, 0.29) is 0 Å². The van der Waals surface area contributed by atoms with Crippen molar-refractivity contribution in [3.8, 4) is 55.6 Å². The Bertz CT molecular complexity index is 2330. The Morgan fingerprint density at radius 2 is 0.929 bits per heavy atom. The molecule has 1 aliphatic rings. The highest BCUT2D eigenvalue weighted by Gasteiger charge is 2.31. The molecule has 0 bridgehead atoms. The Kier molecular flexibility index (Phi) is 4.97. The van der Waals surface area contributed by atoms with Gasteiger partial charge in [-0.15, -0.1) is 0 Å². The molecule has 0 atom stereocenters. The van der Waals surface area contributed by atoms with Gasteiger partial charge in [0.2, 0.25) is 0 Å². The molecule has 1 aliphatic carbocycles. The number of benzene rings is 7. The summed E-state index contributed by atoms with van der Waals surface area (Å²) in [6, 6.07) is 52.9. The quantitative estimate of drug-likeness (QED) is 0.221. The van der Waals surface area contributed by atoms with Gasteiger partial charge in [-0.05, 0) is 89.8 Å². The maximum absolute atomic E-state index is 4.81. The van der Waals surface area contributed by atoms with Crippen molar-refractivity contribution in [3.63, 3.8) is 0 Å². The molecule has 1 heteroatoms. The highest BCUT2D eigenvalue weighted by molar-refractivity contribution is 6.28. The highest BCUT2D eigenvalue weighted by atomic mass is 14.6. The lowest BCUT2D eigenvalue weighted by atomic mass is 9.82. The van der Waals surface area contributed by atoms with Gasteiger partial charge in [-0.25, -0.2) is 0 Å². The van der Waals surface area contributed by atoms with E-state index in [1.54, 1.807) is 0 Å². The van der Waals surface area contributed by atoms with Crippen molar-refractivity contribution < 1.29 is 0 Å². The van der Waals surface area contributed by atoms with Gasteiger partial charge in [0.1, 0.15) is 0 Å². The van der Waals surface area contributed by atoms with Gasteiger partial charge in [-0.1, -0.05) is 127 Å². The van der Waals surface area contributed by atoms with Crippen LogP contribution in [0.3, 0.4) is 0 Å². The number of pyridine rings is 1. The van der Waals surface area contributed by atoms with Crippen molar-refractivity contribution in [2.24, 2.45) is 0 Å². The second-order valence-electron chi connectivity index (χ2n) is 11.1. The predicted molar refractivity (Wildman–Crippen MR) is 177 cm³/mol. The molecule has 0 N–H and O–H groups in total. The van der Waals surface area contributed by atoms with Crippen molar-refractivity contribution >= 4 is 32.4 Å². The third kappa shape index (κ3) is 3.28. The molecule has 1 heterocycles. The molecule has 42 heavy (non-hydrogen) atoms. The van der Waals surface area contributed by atoms with Crippen LogP contribution in [0.15, 0.2) is 152 Å². The van der Waals surface area contributed by atoms with Gasteiger partial charge >= 0.3 is 0 Å². The highest BCUT2D eigenvalue weighted by Crippen LogP contribution is 2.58. The zero-order chi connectivity index (χ0) is 27.6. The molecule has 0 aliphatic heterocycles. The predicted octanol–water partition coefficient (Wildman–Crippen LogP) is 11.2. The molecule has 7 aromatic carbocycles. The summed E-state index contributed by atoms with van der Waals surface area (Å²) in [6.45, 7) is 0. The van der Waals surface area contributed by atoms with E-state index in [1.807, 2.05) is 12.3 Å². The minimum absolute atomic E-state index is 1.03. The normalized spacial score (nSPS) is 11.8. The van der Waals surface area contributed by atoms with Crippen LogP contribution < -0.4 is 0 Å². The average Bonchev–Trinajstić information content (AvgIpc) is 3.38. The molecule has 0 spiro atoms. The number of fused-ring (bicyclic) bond motifs is 5. The average molecular weight is 532 g/mol. The molecule has 1 nitrogen and oxygen atoms in total. The van der Waals surface area contributed by atoms with Crippen molar-refractivity contribution in [3.05, 3.63) is 152 Å². The van der Waals surface area contributed by atoms with Gasteiger partial charge in [-0.3, -0.25) is 4.98 Å². The summed E-state index contributed by atoms with van der Waals surface area (Å²) in [5.74, 6) is 0. The van der Waals surface area contributed by atoms with Gasteiger partial charge in [0.25, 0.3) is 0 Å². The van der Waals surface area contributed by atoms with E-state index in [1.165, 1.54) is 71.6 Å². The smallest absolute Gasteiger partial charge is 0.0780 e. The number of aromatic nitrogens is 1. The van der Waals surface area contributed by atoms with Gasteiger partial charge in [0.15, 0.2) is 0 Å². The standard InChI is InChI=1S/C41H25N/c1-3-12-26(13-4-1)37-32-19-7-8-20-33(32)38(27-14-5-2-6-15-27)40-35-25-30(24-29-17-10-22-34(36(29)35)39(37)40)31-21-9-16-28-18-11-23-42-41(28)31/h1-25H. The largest absolute Gasteiger partial charge is 0.256 e. The summed E-state index contributed by atoms with van der Waals surface area (Å²) in [6.07, 6.45) is 1.89. The van der Waals surface area contributed by atoms with Gasteiger partial charge < -0.3 is 0 Å². The molecular formula is C41H25N. The van der Waals surface area contributed by atoms with Crippen molar-refractivity contribution in [2.75, 3.05) is 0 Å². The lowest BCUT2D eigenvalue weighted by Crippen LogP contribution is -1.93. The van der Waals surface area contributed by atoms with E-state index >= 15 is 0 Å². The molecule has 0 saturated heterocycles. The Morgan fingerprint density at radius 1 is 0.357 bits per heavy atom. The van der Waals surface area contributed by atoms with Gasteiger partial charge in [-0.2, -0.15) is 0 Å². The first kappa shape index (κ1) is 23.2. The second kappa shape index (κ2) is 8.99. The third-order valence-electron chi connectivity index (χ3n) is 8.80. The first-order valence-corrected chi connectivity index (χ1v) is 14.5. The summed E-state index contributed by atoms with van der Waals surface area (Å²) >= 11 is 0. The number of rotatable bonds is 3. The van der Waals surface area contributed by atoms with Crippen LogP contribution in [0.4, 0.5) is 0 Å². The minimum Gasteiger partial charge on any atom is -0.256 e. The van der Waals surface area contributed by atoms with Crippen LogP contribution in [-0.4, -0.2) is 4.98 Å². The summed E-state index contributed by atoms with van der Waals surface area (Å²) in [4.78, 5) is 4.81. The minimum atomic E-state index is 1.03. The van der Waals surface area contributed by atoms with E-state index in [0.717, 1.165) is 16.5 Å². The lowest BCUT2D eigenvalue weighted by Gasteiger charge is -2.20. The van der Waals surface area contributed by atoms with E-state index < -0.39 is 0 Å². The number of hydrogen-bond acceptors (Lipinski definition) is 1. The molecular weight excluding hydrogens is 506 g/mol. The number of hydrogen-bond donors (Lipinski definition) is 0. The van der Waals surface area contributed by atoms with Crippen LogP contribution in [-0.2, 0) is 0 Å². The summed E-state index contributed by atoms with van der Waals surface area (Å²) in [7, 11) is 0. The van der Waals surface area contributed by atoms with Crippen molar-refractivity contribution in [1.82, 2.24) is 4.98 Å². The molecule has 0 saturated carbocycles. The molecule has 0 fully saturated rings. The zero-order valence-corrected chi connectivity index (χ0v) is 22.9. The maximum atomic E-state index is 4.81. The fourth-order valence-corrected chi connectivity index (χ4v) is 7.11.